The molecule has 12 nitrogen and oxygen atoms in total. The van der Waals surface area contributed by atoms with Crippen LogP contribution in [-0.4, -0.2) is 64.0 Å². The number of phosphoric ester groups is 1. The van der Waals surface area contributed by atoms with Crippen molar-refractivity contribution in [3.63, 3.8) is 0 Å². The van der Waals surface area contributed by atoms with Crippen molar-refractivity contribution in [3.8, 4) is 6.07 Å². The molecule has 0 unspecified atom stereocenters. The van der Waals surface area contributed by atoms with Crippen LogP contribution in [0.1, 0.15) is 39.5 Å². The molecule has 5 rings (SSSR count). The lowest BCUT2D eigenvalue weighted by molar-refractivity contribution is -0.146. The van der Waals surface area contributed by atoms with Gasteiger partial charge in [-0.3, -0.25) is 13.6 Å². The van der Waals surface area contributed by atoms with E-state index in [1.54, 1.807) is 49.4 Å². The summed E-state index contributed by atoms with van der Waals surface area (Å²) < 4.78 is 93.6. The zero-order valence-electron chi connectivity index (χ0n) is 31.3. The summed E-state index contributed by atoms with van der Waals surface area (Å²) >= 11 is 1.30. The first kappa shape index (κ1) is 44.0. The first-order valence-corrected chi connectivity index (χ1v) is 20.2. The van der Waals surface area contributed by atoms with E-state index in [1.165, 1.54) is 65.5 Å². The second-order valence-electron chi connectivity index (χ2n) is 12.6. The Morgan fingerprint density at radius 2 is 1.79 bits per heavy atom. The van der Waals surface area contributed by atoms with E-state index in [4.69, 9.17) is 33.0 Å². The van der Waals surface area contributed by atoms with E-state index >= 15 is 4.39 Å². The predicted molar refractivity (Wildman–Crippen MR) is 210 cm³/mol. The Kier molecular flexibility index (Phi) is 16.0. The SMILES string of the molecule is C=CCOP(=O)(OCC=C)OCc1ccccc1C(=O)O[C@@](Cn1cncn1)(c1ccc(F)cc1F)[C@@H](C)S[C@H]1CO[C@H](/C=C/C=C/c2ccc(C#N)cc2F)OC1. The Morgan fingerprint density at radius 1 is 1.05 bits per heavy atom. The predicted octanol–water partition coefficient (Wildman–Crippen LogP) is 8.48. The number of nitrogens with zero attached hydrogens (tertiary/aromatic N) is 4. The number of halogens is 3. The van der Waals surface area contributed by atoms with Gasteiger partial charge in [-0.2, -0.15) is 10.4 Å². The van der Waals surface area contributed by atoms with E-state index in [1.807, 2.05) is 6.07 Å². The smallest absolute Gasteiger partial charge is 0.447 e. The molecule has 1 aliphatic rings. The molecule has 17 heteroatoms. The molecule has 0 spiro atoms. The number of ether oxygens (including phenoxy) is 3. The van der Waals surface area contributed by atoms with E-state index in [0.29, 0.717) is 11.6 Å². The quantitative estimate of drug-likeness (QED) is 0.0365. The largest absolute Gasteiger partial charge is 0.475 e. The molecular formula is C41H40F3N4O8PS. The number of carbonyl (C=O) groups is 1. The van der Waals surface area contributed by atoms with Crippen molar-refractivity contribution < 1.29 is 50.3 Å². The van der Waals surface area contributed by atoms with Gasteiger partial charge >= 0.3 is 13.8 Å². The number of esters is 1. The highest BCUT2D eigenvalue weighted by Gasteiger charge is 2.47. The van der Waals surface area contributed by atoms with Crippen molar-refractivity contribution in [1.82, 2.24) is 14.8 Å². The average molecular weight is 837 g/mol. The number of thioether (sulfide) groups is 1. The number of benzene rings is 3. The summed E-state index contributed by atoms with van der Waals surface area (Å²) in [6, 6.07) is 15.3. The monoisotopic (exact) mass is 836 g/mol. The van der Waals surface area contributed by atoms with E-state index in [-0.39, 0.29) is 60.5 Å². The lowest BCUT2D eigenvalue weighted by Gasteiger charge is -2.40. The molecule has 1 aliphatic heterocycles. The molecule has 1 aromatic heterocycles. The Bertz CT molecular complexity index is 2180. The van der Waals surface area contributed by atoms with Gasteiger partial charge in [-0.25, -0.2) is 32.2 Å². The normalized spacial score (nSPS) is 17.4. The number of hydrogen-bond acceptors (Lipinski definition) is 12. The maximum absolute atomic E-state index is 16.0. The molecule has 2 heterocycles. The molecule has 3 aromatic carbocycles. The molecule has 0 amide bonds. The fraction of sp³-hybridized carbons (Fsp3) is 0.268. The molecule has 0 aliphatic carbocycles. The zero-order chi connectivity index (χ0) is 41.5. The van der Waals surface area contributed by atoms with E-state index in [9.17, 15) is 18.1 Å². The molecule has 304 valence electrons. The third-order valence-electron chi connectivity index (χ3n) is 8.57. The third-order valence-corrected chi connectivity index (χ3v) is 11.4. The maximum atomic E-state index is 16.0. The molecule has 2 atom stereocenters. The highest BCUT2D eigenvalue weighted by molar-refractivity contribution is 8.00. The molecule has 0 saturated carbocycles. The molecular weight excluding hydrogens is 797 g/mol. The van der Waals surface area contributed by atoms with Crippen LogP contribution in [-0.2, 0) is 51.1 Å². The summed E-state index contributed by atoms with van der Waals surface area (Å²) in [5.41, 5.74) is -1.21. The number of carbonyl (C=O) groups excluding carboxylic acids is 1. The molecule has 0 bridgehead atoms. The minimum Gasteiger partial charge on any atom is -0.447 e. The lowest BCUT2D eigenvalue weighted by Crippen LogP contribution is -2.47. The number of nitriles is 1. The molecule has 1 saturated heterocycles. The minimum atomic E-state index is -4.13. The van der Waals surface area contributed by atoms with Crippen LogP contribution in [0, 0.1) is 28.8 Å². The highest BCUT2D eigenvalue weighted by atomic mass is 32.2. The minimum absolute atomic E-state index is 0.000825. The van der Waals surface area contributed by atoms with Crippen LogP contribution in [0.15, 0.2) is 117 Å². The van der Waals surface area contributed by atoms with Crippen LogP contribution in [0.2, 0.25) is 0 Å². The molecule has 4 aromatic rings. The lowest BCUT2D eigenvalue weighted by atomic mass is 9.89. The number of hydrogen-bond donors (Lipinski definition) is 0. The van der Waals surface area contributed by atoms with Gasteiger partial charge in [-0.15, -0.1) is 24.9 Å². The van der Waals surface area contributed by atoms with Gasteiger partial charge in [0, 0.05) is 22.4 Å². The van der Waals surface area contributed by atoms with Crippen molar-refractivity contribution in [2.24, 2.45) is 0 Å². The zero-order valence-corrected chi connectivity index (χ0v) is 33.0. The maximum Gasteiger partial charge on any atom is 0.475 e. The van der Waals surface area contributed by atoms with Crippen molar-refractivity contribution in [1.29, 1.82) is 5.26 Å². The van der Waals surface area contributed by atoms with Gasteiger partial charge in [0.15, 0.2) is 11.9 Å². The van der Waals surface area contributed by atoms with Gasteiger partial charge in [-0.1, -0.05) is 54.6 Å². The van der Waals surface area contributed by atoms with Crippen molar-refractivity contribution >= 4 is 31.6 Å². The second kappa shape index (κ2) is 21.1. The number of phosphoric acid groups is 1. The van der Waals surface area contributed by atoms with Crippen molar-refractivity contribution in [2.75, 3.05) is 26.4 Å². The summed E-state index contributed by atoms with van der Waals surface area (Å²) in [6.45, 7) is 8.26. The van der Waals surface area contributed by atoms with E-state index in [0.717, 1.165) is 12.1 Å². The molecule has 1 fully saturated rings. The molecule has 58 heavy (non-hydrogen) atoms. The molecule has 0 N–H and O–H groups in total. The Labute approximate surface area is 338 Å². The highest BCUT2D eigenvalue weighted by Crippen LogP contribution is 2.50. The van der Waals surface area contributed by atoms with Crippen LogP contribution in [0.3, 0.4) is 0 Å². The van der Waals surface area contributed by atoms with Gasteiger partial charge in [0.2, 0.25) is 0 Å². The number of rotatable bonds is 20. The van der Waals surface area contributed by atoms with E-state index < -0.39 is 55.0 Å². The fourth-order valence-corrected chi connectivity index (χ4v) is 8.20. The number of aromatic nitrogens is 3. The fourth-order valence-electron chi connectivity index (χ4n) is 5.74. The van der Waals surface area contributed by atoms with Gasteiger partial charge < -0.3 is 14.2 Å². The van der Waals surface area contributed by atoms with Crippen LogP contribution < -0.4 is 0 Å². The summed E-state index contributed by atoms with van der Waals surface area (Å²) in [6.07, 6.45) is 11.1. The first-order valence-electron chi connectivity index (χ1n) is 17.8. The van der Waals surface area contributed by atoms with Gasteiger partial charge in [0.25, 0.3) is 0 Å². The Balaban J connectivity index is 1.38. The standard InChI is InChI=1S/C41H40F3N4O8PS/c1-4-18-53-57(50,54-19-5-2)55-23-32-11-6-8-12-35(32)40(49)56-41(26-48-28-46-27-47-48,36-17-16-33(42)21-38(36)44)29(3)58-34-24-51-39(52-25-34)13-9-7-10-31-15-14-30(22-45)20-37(31)43/h4-17,20-21,27-29,34,39H,1-2,18-19,23-26H2,3H3/b10-7+,13-9+/t29-,34-,39-,41-/m1/s1. The Hall–Kier alpha value is -5.11. The van der Waals surface area contributed by atoms with Crippen molar-refractivity contribution in [3.05, 3.63) is 162 Å². The summed E-state index contributed by atoms with van der Waals surface area (Å²) in [4.78, 5) is 18.4. The summed E-state index contributed by atoms with van der Waals surface area (Å²) in [5.74, 6) is -3.23. The van der Waals surface area contributed by atoms with Crippen molar-refractivity contribution in [2.45, 2.75) is 42.5 Å². The van der Waals surface area contributed by atoms with Crippen LogP contribution in [0.5, 0.6) is 0 Å². The Morgan fingerprint density at radius 3 is 2.45 bits per heavy atom. The molecule has 0 radical (unpaired) electrons. The van der Waals surface area contributed by atoms with Crippen LogP contribution in [0.25, 0.3) is 6.08 Å². The third kappa shape index (κ3) is 11.7. The summed E-state index contributed by atoms with van der Waals surface area (Å²) in [7, 11) is -4.13. The van der Waals surface area contributed by atoms with Crippen LogP contribution >= 0.6 is 19.6 Å². The first-order chi connectivity index (χ1) is 28.0. The van der Waals surface area contributed by atoms with Crippen LogP contribution in [0.4, 0.5) is 13.2 Å². The number of allylic oxidation sites excluding steroid dienone is 2. The van der Waals surface area contributed by atoms with Gasteiger partial charge in [0.05, 0.1) is 62.0 Å². The topological polar surface area (TPSA) is 144 Å². The average Bonchev–Trinajstić information content (AvgIpc) is 3.74. The van der Waals surface area contributed by atoms with E-state index in [2.05, 4.69) is 23.2 Å². The van der Waals surface area contributed by atoms with Gasteiger partial charge in [-0.05, 0) is 48.9 Å². The van der Waals surface area contributed by atoms with Gasteiger partial charge in [0.1, 0.15) is 30.1 Å². The second-order valence-corrected chi connectivity index (χ2v) is 15.9. The summed E-state index contributed by atoms with van der Waals surface area (Å²) in [5, 5.41) is 12.0.